The molecule has 28 heavy (non-hydrogen) atoms. The normalized spacial score (nSPS) is 10.9. The molecular weight excluding hydrogens is 354 g/mol. The molecule has 4 rings (SSSR count). The monoisotopic (exact) mass is 375 g/mol. The van der Waals surface area contributed by atoms with Crippen LogP contribution in [0.25, 0.3) is 22.3 Å². The van der Waals surface area contributed by atoms with E-state index in [9.17, 15) is 4.79 Å². The second-order valence-corrected chi connectivity index (χ2v) is 6.35. The molecule has 142 valence electrons. The first-order chi connectivity index (χ1) is 13.7. The first-order valence-corrected chi connectivity index (χ1v) is 9.11. The van der Waals surface area contributed by atoms with Gasteiger partial charge in [-0.15, -0.1) is 0 Å². The predicted molar refractivity (Wildman–Crippen MR) is 107 cm³/mol. The summed E-state index contributed by atoms with van der Waals surface area (Å²) in [5.74, 6) is 1.81. The van der Waals surface area contributed by atoms with Gasteiger partial charge in [-0.05, 0) is 43.3 Å². The van der Waals surface area contributed by atoms with Gasteiger partial charge in [0.25, 0.3) is 5.91 Å². The van der Waals surface area contributed by atoms with Gasteiger partial charge in [-0.3, -0.25) is 9.89 Å². The largest absolute Gasteiger partial charge is 0.497 e. The Bertz CT molecular complexity index is 1110. The van der Waals surface area contributed by atoms with Gasteiger partial charge in [-0.2, -0.15) is 5.10 Å². The smallest absolute Gasteiger partial charge is 0.268 e. The van der Waals surface area contributed by atoms with Crippen molar-refractivity contribution in [1.82, 2.24) is 25.1 Å². The maximum Gasteiger partial charge on any atom is 0.268 e. The third-order valence-electron chi connectivity index (χ3n) is 4.66. The van der Waals surface area contributed by atoms with Gasteiger partial charge >= 0.3 is 0 Å². The molecule has 2 heterocycles. The Morgan fingerprint density at radius 1 is 1.18 bits per heavy atom. The molecule has 2 aromatic heterocycles. The van der Waals surface area contributed by atoms with Gasteiger partial charge in [0.05, 0.1) is 13.7 Å². The van der Waals surface area contributed by atoms with Crippen LogP contribution in [0.15, 0.2) is 54.6 Å². The molecular formula is C21H21N5O2. The molecule has 0 fully saturated rings. The molecule has 0 aliphatic rings. The molecule has 2 aromatic carbocycles. The zero-order valence-electron chi connectivity index (χ0n) is 15.8. The minimum absolute atomic E-state index is 0.138. The zero-order chi connectivity index (χ0) is 19.5. The average molecular weight is 375 g/mol. The summed E-state index contributed by atoms with van der Waals surface area (Å²) in [7, 11) is 1.63. The Labute approximate surface area is 162 Å². The molecule has 0 saturated carbocycles. The number of para-hydroxylation sites is 1. The van der Waals surface area contributed by atoms with E-state index >= 15 is 0 Å². The highest BCUT2D eigenvalue weighted by molar-refractivity contribution is 5.98. The maximum atomic E-state index is 12.7. The highest BCUT2D eigenvalue weighted by Gasteiger charge is 2.15. The maximum absolute atomic E-state index is 12.7. The number of aryl methyl sites for hydroxylation is 1. The number of benzene rings is 2. The van der Waals surface area contributed by atoms with Gasteiger partial charge < -0.3 is 14.6 Å². The van der Waals surface area contributed by atoms with Gasteiger partial charge in [-0.25, -0.2) is 4.98 Å². The lowest BCUT2D eigenvalue weighted by molar-refractivity contribution is 0.0941. The SMILES string of the molecule is CCn1c(C(=O)NCc2nc(-c3ccc(OC)cc3)n[nH]2)cc2ccccc21. The second-order valence-electron chi connectivity index (χ2n) is 6.35. The van der Waals surface area contributed by atoms with Gasteiger partial charge in [0.2, 0.25) is 0 Å². The van der Waals surface area contributed by atoms with Crippen molar-refractivity contribution in [2.45, 2.75) is 20.0 Å². The molecule has 2 N–H and O–H groups in total. The van der Waals surface area contributed by atoms with Crippen LogP contribution in [-0.2, 0) is 13.1 Å². The number of aromatic amines is 1. The van der Waals surface area contributed by atoms with Crippen molar-refractivity contribution >= 4 is 16.8 Å². The van der Waals surface area contributed by atoms with E-state index in [1.54, 1.807) is 7.11 Å². The Kier molecular flexibility index (Phi) is 4.80. The Balaban J connectivity index is 1.47. The Hall–Kier alpha value is -3.61. The number of nitrogens with one attached hydrogen (secondary N) is 2. The molecule has 0 radical (unpaired) electrons. The van der Waals surface area contributed by atoms with E-state index in [0.29, 0.717) is 17.3 Å². The Morgan fingerprint density at radius 3 is 2.71 bits per heavy atom. The molecule has 7 heteroatoms. The lowest BCUT2D eigenvalue weighted by Crippen LogP contribution is -2.25. The number of methoxy groups -OCH3 is 1. The fourth-order valence-corrected chi connectivity index (χ4v) is 3.24. The lowest BCUT2D eigenvalue weighted by Gasteiger charge is -2.07. The number of aromatic nitrogens is 4. The van der Waals surface area contributed by atoms with Crippen LogP contribution in [0.4, 0.5) is 0 Å². The van der Waals surface area contributed by atoms with Crippen molar-refractivity contribution < 1.29 is 9.53 Å². The number of rotatable bonds is 6. The summed E-state index contributed by atoms with van der Waals surface area (Å²) in [6.07, 6.45) is 0. The quantitative estimate of drug-likeness (QED) is 0.541. The lowest BCUT2D eigenvalue weighted by atomic mass is 10.2. The van der Waals surface area contributed by atoms with Crippen molar-refractivity contribution in [3.05, 3.63) is 66.1 Å². The van der Waals surface area contributed by atoms with E-state index in [-0.39, 0.29) is 12.5 Å². The van der Waals surface area contributed by atoms with Crippen molar-refractivity contribution in [2.24, 2.45) is 0 Å². The van der Waals surface area contributed by atoms with E-state index in [4.69, 9.17) is 4.74 Å². The van der Waals surface area contributed by atoms with E-state index in [1.807, 2.05) is 66.1 Å². The zero-order valence-corrected chi connectivity index (χ0v) is 15.8. The number of nitrogens with zero attached hydrogens (tertiary/aromatic N) is 3. The summed E-state index contributed by atoms with van der Waals surface area (Å²) in [6.45, 7) is 3.02. The van der Waals surface area contributed by atoms with Crippen LogP contribution in [0, 0.1) is 0 Å². The van der Waals surface area contributed by atoms with E-state index in [2.05, 4.69) is 20.5 Å². The first kappa shape index (κ1) is 17.8. The number of hydrogen-bond acceptors (Lipinski definition) is 4. The second kappa shape index (κ2) is 7.56. The van der Waals surface area contributed by atoms with Gasteiger partial charge in [0, 0.05) is 23.0 Å². The van der Waals surface area contributed by atoms with E-state index in [1.165, 1.54) is 0 Å². The summed E-state index contributed by atoms with van der Waals surface area (Å²) in [5.41, 5.74) is 2.57. The summed E-state index contributed by atoms with van der Waals surface area (Å²) < 4.78 is 7.17. The number of fused-ring (bicyclic) bond motifs is 1. The van der Waals surface area contributed by atoms with Crippen LogP contribution in [0.5, 0.6) is 5.75 Å². The van der Waals surface area contributed by atoms with Crippen molar-refractivity contribution in [3.63, 3.8) is 0 Å². The molecule has 0 saturated heterocycles. The van der Waals surface area contributed by atoms with Gasteiger partial charge in [0.15, 0.2) is 5.82 Å². The average Bonchev–Trinajstić information content (AvgIpc) is 3.36. The minimum atomic E-state index is -0.138. The van der Waals surface area contributed by atoms with Crippen LogP contribution in [-0.4, -0.2) is 32.8 Å². The molecule has 7 nitrogen and oxygen atoms in total. The summed E-state index contributed by atoms with van der Waals surface area (Å²) in [5, 5.41) is 11.1. The van der Waals surface area contributed by atoms with Crippen molar-refractivity contribution in [2.75, 3.05) is 7.11 Å². The van der Waals surface area contributed by atoms with Crippen LogP contribution >= 0.6 is 0 Å². The van der Waals surface area contributed by atoms with Crippen molar-refractivity contribution in [3.8, 4) is 17.1 Å². The molecule has 0 bridgehead atoms. The summed E-state index contributed by atoms with van der Waals surface area (Å²) >= 11 is 0. The van der Waals surface area contributed by atoms with Crippen LogP contribution < -0.4 is 10.1 Å². The highest BCUT2D eigenvalue weighted by atomic mass is 16.5. The molecule has 0 aliphatic carbocycles. The molecule has 1 amide bonds. The first-order valence-electron chi connectivity index (χ1n) is 9.11. The van der Waals surface area contributed by atoms with Crippen LogP contribution in [0.1, 0.15) is 23.2 Å². The standard InChI is InChI=1S/C21H21N5O2/c1-3-26-17-7-5-4-6-15(17)12-18(26)21(27)22-13-19-23-20(25-24-19)14-8-10-16(28-2)11-9-14/h4-12H,3,13H2,1-2H3,(H,22,27)(H,23,24,25). The van der Waals surface area contributed by atoms with Gasteiger partial charge in [-0.1, -0.05) is 18.2 Å². The minimum Gasteiger partial charge on any atom is -0.497 e. The summed E-state index contributed by atoms with van der Waals surface area (Å²) in [6, 6.07) is 17.4. The van der Waals surface area contributed by atoms with Crippen molar-refractivity contribution in [1.29, 1.82) is 0 Å². The van der Waals surface area contributed by atoms with Crippen LogP contribution in [0.2, 0.25) is 0 Å². The molecule has 0 spiro atoms. The fraction of sp³-hybridized carbons (Fsp3) is 0.190. The number of carbonyl (C=O) groups excluding carboxylic acids is 1. The molecule has 0 unspecified atom stereocenters. The number of hydrogen-bond donors (Lipinski definition) is 2. The topological polar surface area (TPSA) is 84.8 Å². The number of amides is 1. The van der Waals surface area contributed by atoms with Crippen LogP contribution in [0.3, 0.4) is 0 Å². The third kappa shape index (κ3) is 3.34. The molecule has 0 aliphatic heterocycles. The fourth-order valence-electron chi connectivity index (χ4n) is 3.24. The number of ether oxygens (including phenoxy) is 1. The van der Waals surface area contributed by atoms with E-state index in [0.717, 1.165) is 28.8 Å². The number of carbonyl (C=O) groups is 1. The van der Waals surface area contributed by atoms with Gasteiger partial charge in [0.1, 0.15) is 17.3 Å². The highest BCUT2D eigenvalue weighted by Crippen LogP contribution is 2.20. The summed E-state index contributed by atoms with van der Waals surface area (Å²) in [4.78, 5) is 17.2. The predicted octanol–water partition coefficient (Wildman–Crippen LogP) is 3.38. The number of H-pyrrole nitrogens is 1. The molecule has 4 aromatic rings. The Morgan fingerprint density at radius 2 is 1.96 bits per heavy atom. The third-order valence-corrected chi connectivity index (χ3v) is 4.66. The van der Waals surface area contributed by atoms with E-state index < -0.39 is 0 Å². The molecule has 0 atom stereocenters.